The number of aliphatic hydroxyl groups is 1. The number of nitrogens with one attached hydrogen (secondary N) is 1. The van der Waals surface area contributed by atoms with Gasteiger partial charge in [0.25, 0.3) is 5.91 Å². The molecular weight excluding hydrogens is 399 g/mol. The predicted octanol–water partition coefficient (Wildman–Crippen LogP) is 4.64. The van der Waals surface area contributed by atoms with Crippen LogP contribution in [0.3, 0.4) is 0 Å². The number of Topliss-reactive ketones (excluding diaryl/α,β-unsaturated/α-hetero) is 1. The van der Waals surface area contributed by atoms with Gasteiger partial charge in [-0.3, -0.25) is 9.59 Å². The molecule has 0 saturated carbocycles. The van der Waals surface area contributed by atoms with E-state index in [-0.39, 0.29) is 27.1 Å². The Morgan fingerprint density at radius 2 is 1.71 bits per heavy atom. The first-order valence-corrected chi connectivity index (χ1v) is 10.1. The predicted molar refractivity (Wildman–Crippen MR) is 113 cm³/mol. The molecule has 2 N–H and O–H groups in total. The number of anilines is 2. The van der Waals surface area contributed by atoms with Gasteiger partial charge in [-0.15, -0.1) is 0 Å². The number of benzene rings is 2. The lowest BCUT2D eigenvalue weighted by atomic mass is 9.88. The minimum atomic E-state index is -2.04. The number of fused-ring (bicyclic) bond motifs is 1. The molecule has 0 spiro atoms. The number of hydrogen-bond acceptors (Lipinski definition) is 4. The topological polar surface area (TPSA) is 69.6 Å². The van der Waals surface area contributed by atoms with Crippen molar-refractivity contribution in [2.45, 2.75) is 32.3 Å². The quantitative estimate of drug-likeness (QED) is 0.706. The second kappa shape index (κ2) is 8.11. The van der Waals surface area contributed by atoms with Gasteiger partial charge in [-0.2, -0.15) is 0 Å². The lowest BCUT2D eigenvalue weighted by molar-refractivity contribution is -0.133. The van der Waals surface area contributed by atoms with Crippen molar-refractivity contribution in [1.82, 2.24) is 0 Å². The Hall–Kier alpha value is -2.08. The summed E-state index contributed by atoms with van der Waals surface area (Å²) in [5, 5.41) is 13.9. The summed E-state index contributed by atoms with van der Waals surface area (Å²) in [6, 6.07) is 10.2. The van der Waals surface area contributed by atoms with Crippen molar-refractivity contribution in [1.29, 1.82) is 0 Å². The molecule has 0 bridgehead atoms. The van der Waals surface area contributed by atoms with Crippen molar-refractivity contribution >= 4 is 46.3 Å². The molecule has 5 nitrogen and oxygen atoms in total. The Morgan fingerprint density at radius 3 is 2.29 bits per heavy atom. The van der Waals surface area contributed by atoms with Gasteiger partial charge in [0, 0.05) is 34.9 Å². The third-order valence-corrected chi connectivity index (χ3v) is 5.59. The van der Waals surface area contributed by atoms with Gasteiger partial charge in [0.1, 0.15) is 0 Å². The number of rotatable bonds is 4. The first kappa shape index (κ1) is 20.6. The number of carbonyl (C=O) groups excluding carboxylic acids is 2. The van der Waals surface area contributed by atoms with E-state index in [0.717, 1.165) is 18.8 Å². The molecule has 0 radical (unpaired) electrons. The van der Waals surface area contributed by atoms with Crippen LogP contribution >= 0.6 is 23.2 Å². The normalized spacial score (nSPS) is 19.9. The van der Waals surface area contributed by atoms with Crippen molar-refractivity contribution in [3.63, 3.8) is 0 Å². The molecule has 28 heavy (non-hydrogen) atoms. The molecule has 2 aliphatic heterocycles. The number of nitrogens with zero attached hydrogens (tertiary/aromatic N) is 1. The minimum Gasteiger partial charge on any atom is -0.375 e. The number of halogens is 2. The van der Waals surface area contributed by atoms with E-state index in [1.807, 2.05) is 26.0 Å². The highest BCUT2D eigenvalue weighted by Crippen LogP contribution is 2.46. The molecular formula is C21H22Cl2N2O3. The van der Waals surface area contributed by atoms with E-state index in [4.69, 9.17) is 23.2 Å². The van der Waals surface area contributed by atoms with E-state index in [1.165, 1.54) is 18.6 Å². The first-order chi connectivity index (χ1) is 13.4. The molecule has 0 aromatic heterocycles. The number of carbonyl (C=O) groups is 2. The SMILES string of the molecule is CC.O=C(CC1(O)C(=O)Nc2c(Cl)ccc(Cl)c21)c1ccc(N2CCC2)cc1. The fraction of sp³-hybridized carbons (Fsp3) is 0.333. The van der Waals surface area contributed by atoms with Crippen LogP contribution in [0.25, 0.3) is 0 Å². The van der Waals surface area contributed by atoms with Gasteiger partial charge in [-0.05, 0) is 42.8 Å². The van der Waals surface area contributed by atoms with Gasteiger partial charge in [0.05, 0.1) is 17.1 Å². The van der Waals surface area contributed by atoms with Crippen LogP contribution in [-0.2, 0) is 10.4 Å². The van der Waals surface area contributed by atoms with Gasteiger partial charge in [-0.1, -0.05) is 37.0 Å². The standard InChI is InChI=1S/C19H16Cl2N2O3.C2H6/c20-13-6-7-14(21)17-16(13)19(26,18(25)22-17)10-15(24)11-2-4-12(5-3-11)23-8-1-9-23;1-2/h2-7,26H,1,8-10H2,(H,22,25);1-2H3. The fourth-order valence-corrected chi connectivity index (χ4v) is 3.86. The summed E-state index contributed by atoms with van der Waals surface area (Å²) in [7, 11) is 0. The summed E-state index contributed by atoms with van der Waals surface area (Å²) in [5.41, 5.74) is -0.132. The number of hydrogen-bond donors (Lipinski definition) is 2. The van der Waals surface area contributed by atoms with Crippen LogP contribution in [0, 0.1) is 0 Å². The van der Waals surface area contributed by atoms with Crippen LogP contribution in [0.1, 0.15) is 42.6 Å². The Labute approximate surface area is 174 Å². The second-order valence-electron chi connectivity index (χ2n) is 6.58. The van der Waals surface area contributed by atoms with Crippen LogP contribution in [0.4, 0.5) is 11.4 Å². The molecule has 2 aromatic carbocycles. The first-order valence-electron chi connectivity index (χ1n) is 9.31. The molecule has 1 fully saturated rings. The third-order valence-electron chi connectivity index (χ3n) is 4.96. The zero-order valence-corrected chi connectivity index (χ0v) is 17.3. The molecule has 1 saturated heterocycles. The monoisotopic (exact) mass is 420 g/mol. The summed E-state index contributed by atoms with van der Waals surface area (Å²) in [6.07, 6.45) is 0.764. The van der Waals surface area contributed by atoms with E-state index in [0.29, 0.717) is 5.56 Å². The molecule has 1 unspecified atom stereocenters. The Morgan fingerprint density at radius 1 is 1.11 bits per heavy atom. The van der Waals surface area contributed by atoms with Gasteiger partial charge in [0.2, 0.25) is 0 Å². The van der Waals surface area contributed by atoms with Crippen LogP contribution in [0.15, 0.2) is 36.4 Å². The highest BCUT2D eigenvalue weighted by Gasteiger charge is 2.49. The summed E-state index contributed by atoms with van der Waals surface area (Å²) >= 11 is 12.3. The molecule has 7 heteroatoms. The van der Waals surface area contributed by atoms with E-state index >= 15 is 0 Å². The van der Waals surface area contributed by atoms with Gasteiger partial charge in [-0.25, -0.2) is 0 Å². The van der Waals surface area contributed by atoms with Crippen LogP contribution in [-0.4, -0.2) is 29.9 Å². The molecule has 2 aliphatic rings. The Bertz CT molecular complexity index is 911. The molecule has 0 aliphatic carbocycles. The zero-order chi connectivity index (χ0) is 20.5. The Balaban J connectivity index is 0.00000109. The smallest absolute Gasteiger partial charge is 0.261 e. The maximum Gasteiger partial charge on any atom is 0.261 e. The van der Waals surface area contributed by atoms with Crippen molar-refractivity contribution in [2.75, 3.05) is 23.3 Å². The highest BCUT2D eigenvalue weighted by atomic mass is 35.5. The zero-order valence-electron chi connectivity index (χ0n) is 15.8. The van der Waals surface area contributed by atoms with Crippen molar-refractivity contribution < 1.29 is 14.7 Å². The van der Waals surface area contributed by atoms with Crippen molar-refractivity contribution in [3.8, 4) is 0 Å². The average Bonchev–Trinajstić information content (AvgIpc) is 2.91. The van der Waals surface area contributed by atoms with Crippen molar-refractivity contribution in [3.05, 3.63) is 57.6 Å². The number of amides is 1. The third kappa shape index (κ3) is 3.50. The minimum absolute atomic E-state index is 0.155. The molecule has 1 atom stereocenters. The highest BCUT2D eigenvalue weighted by molar-refractivity contribution is 6.38. The molecule has 4 rings (SSSR count). The maximum absolute atomic E-state index is 12.7. The second-order valence-corrected chi connectivity index (χ2v) is 7.40. The van der Waals surface area contributed by atoms with Gasteiger partial charge >= 0.3 is 0 Å². The summed E-state index contributed by atoms with van der Waals surface area (Å²) in [5.74, 6) is -1.05. The van der Waals surface area contributed by atoms with E-state index in [1.54, 1.807) is 12.1 Å². The summed E-state index contributed by atoms with van der Waals surface area (Å²) in [4.78, 5) is 27.3. The van der Waals surface area contributed by atoms with Crippen LogP contribution in [0.2, 0.25) is 10.0 Å². The van der Waals surface area contributed by atoms with Crippen LogP contribution in [0.5, 0.6) is 0 Å². The van der Waals surface area contributed by atoms with E-state index in [2.05, 4.69) is 10.2 Å². The van der Waals surface area contributed by atoms with Gasteiger partial charge in [0.15, 0.2) is 11.4 Å². The maximum atomic E-state index is 12.7. The lowest BCUT2D eigenvalue weighted by Gasteiger charge is -2.33. The molecule has 1 amide bonds. The number of ketones is 1. The molecule has 2 heterocycles. The van der Waals surface area contributed by atoms with Gasteiger partial charge < -0.3 is 15.3 Å². The summed E-state index contributed by atoms with van der Waals surface area (Å²) < 4.78 is 0. The van der Waals surface area contributed by atoms with Crippen molar-refractivity contribution in [2.24, 2.45) is 0 Å². The molecule has 148 valence electrons. The van der Waals surface area contributed by atoms with E-state index < -0.39 is 17.9 Å². The largest absolute Gasteiger partial charge is 0.375 e. The van der Waals surface area contributed by atoms with Crippen LogP contribution < -0.4 is 10.2 Å². The average molecular weight is 421 g/mol. The summed E-state index contributed by atoms with van der Waals surface area (Å²) in [6.45, 7) is 6.03. The van der Waals surface area contributed by atoms with E-state index in [9.17, 15) is 14.7 Å². The lowest BCUT2D eigenvalue weighted by Crippen LogP contribution is -2.37. The fourth-order valence-electron chi connectivity index (χ4n) is 3.34. The molecule has 2 aromatic rings. The Kier molecular flexibility index (Phi) is 5.98.